The van der Waals surface area contributed by atoms with Crippen LogP contribution in [0.25, 0.3) is 0 Å². The quantitative estimate of drug-likeness (QED) is 0.729. The predicted molar refractivity (Wildman–Crippen MR) is 61.0 cm³/mol. The Balaban J connectivity index is 3.22. The first kappa shape index (κ1) is 14.1. The Bertz CT molecular complexity index is 494. The summed E-state index contributed by atoms with van der Waals surface area (Å²) in [5, 5.41) is 3.73. The molecule has 0 aliphatic carbocycles. The first-order valence-electron chi connectivity index (χ1n) is 5.23. The number of carbonyl (C=O) groups is 1. The molecule has 7 nitrogen and oxygen atoms in total. The number of alkyl halides is 2. The van der Waals surface area contributed by atoms with Crippen LogP contribution in [0, 0.1) is 0 Å². The molecular formula is C9H15F2N5O2. The van der Waals surface area contributed by atoms with Gasteiger partial charge in [-0.05, 0) is 6.92 Å². The van der Waals surface area contributed by atoms with Gasteiger partial charge in [0, 0.05) is 27.7 Å². The Morgan fingerprint density at radius 1 is 1.44 bits per heavy atom. The topological polar surface area (TPSA) is 63.4 Å². The summed E-state index contributed by atoms with van der Waals surface area (Å²) >= 11 is 0. The van der Waals surface area contributed by atoms with Gasteiger partial charge >= 0.3 is 18.3 Å². The van der Waals surface area contributed by atoms with E-state index < -0.39 is 18.3 Å². The zero-order chi connectivity index (χ0) is 14.0. The highest BCUT2D eigenvalue weighted by atomic mass is 19.3. The number of aromatic nitrogens is 3. The molecule has 0 unspecified atom stereocenters. The van der Waals surface area contributed by atoms with Crippen molar-refractivity contribution in [2.75, 3.05) is 25.5 Å². The second-order valence-corrected chi connectivity index (χ2v) is 3.79. The van der Waals surface area contributed by atoms with E-state index in [4.69, 9.17) is 0 Å². The van der Waals surface area contributed by atoms with E-state index in [0.717, 1.165) is 4.57 Å². The van der Waals surface area contributed by atoms with Crippen molar-refractivity contribution in [3.05, 3.63) is 10.5 Å². The van der Waals surface area contributed by atoms with Gasteiger partial charge < -0.3 is 4.90 Å². The summed E-state index contributed by atoms with van der Waals surface area (Å²) in [7, 11) is 4.66. The van der Waals surface area contributed by atoms with Crippen LogP contribution < -0.4 is 10.6 Å². The van der Waals surface area contributed by atoms with Crippen LogP contribution in [0.1, 0.15) is 6.92 Å². The van der Waals surface area contributed by atoms with Gasteiger partial charge in [-0.1, -0.05) is 0 Å². The molecule has 0 aliphatic rings. The van der Waals surface area contributed by atoms with Gasteiger partial charge in [0.05, 0.1) is 0 Å². The van der Waals surface area contributed by atoms with Crippen LogP contribution in [0.2, 0.25) is 0 Å². The highest BCUT2D eigenvalue weighted by molar-refractivity contribution is 5.76. The second kappa shape index (κ2) is 5.15. The van der Waals surface area contributed by atoms with Gasteiger partial charge in [-0.2, -0.15) is 8.78 Å². The standard InChI is InChI=1S/C9H15F2N5O2/c1-5-15(6(10)11)9(18)16-8(17)14(4)7(12-16)13(2)3/h6H,5H2,1-4H3. The van der Waals surface area contributed by atoms with Gasteiger partial charge in [0.25, 0.3) is 0 Å². The third kappa shape index (κ3) is 2.34. The van der Waals surface area contributed by atoms with Crippen LogP contribution in [0.3, 0.4) is 0 Å². The van der Waals surface area contributed by atoms with Crippen molar-refractivity contribution in [1.82, 2.24) is 19.2 Å². The molecule has 1 aromatic heterocycles. The molecule has 1 heterocycles. The third-order valence-corrected chi connectivity index (χ3v) is 2.36. The lowest BCUT2D eigenvalue weighted by atomic mass is 10.6. The van der Waals surface area contributed by atoms with E-state index in [2.05, 4.69) is 5.10 Å². The lowest BCUT2D eigenvalue weighted by Gasteiger charge is -2.17. The number of rotatable bonds is 3. The van der Waals surface area contributed by atoms with Crippen LogP contribution in [0.5, 0.6) is 0 Å². The summed E-state index contributed by atoms with van der Waals surface area (Å²) in [4.78, 5) is 25.2. The highest BCUT2D eigenvalue weighted by Crippen LogP contribution is 2.07. The summed E-state index contributed by atoms with van der Waals surface area (Å²) in [5.74, 6) is 0.207. The zero-order valence-electron chi connectivity index (χ0n) is 10.6. The average molecular weight is 263 g/mol. The van der Waals surface area contributed by atoms with Gasteiger partial charge in [0.2, 0.25) is 5.95 Å². The lowest BCUT2D eigenvalue weighted by Crippen LogP contribution is -2.43. The predicted octanol–water partition coefficient (Wildman–Crippen LogP) is 0.160. The number of nitrogens with zero attached hydrogens (tertiary/aromatic N) is 5. The Morgan fingerprint density at radius 2 is 2.00 bits per heavy atom. The molecule has 102 valence electrons. The largest absolute Gasteiger partial charge is 0.355 e. The molecule has 1 rings (SSSR count). The van der Waals surface area contributed by atoms with Crippen molar-refractivity contribution in [1.29, 1.82) is 0 Å². The van der Waals surface area contributed by atoms with Gasteiger partial charge in [0.15, 0.2) is 0 Å². The Kier molecular flexibility index (Phi) is 4.04. The Hall–Kier alpha value is -1.93. The summed E-state index contributed by atoms with van der Waals surface area (Å²) in [6, 6.07) is -1.14. The normalized spacial score (nSPS) is 10.8. The maximum Gasteiger partial charge on any atom is 0.355 e. The van der Waals surface area contributed by atoms with E-state index in [1.807, 2.05) is 0 Å². The minimum Gasteiger partial charge on any atom is -0.347 e. The van der Waals surface area contributed by atoms with Crippen molar-refractivity contribution in [2.45, 2.75) is 13.5 Å². The zero-order valence-corrected chi connectivity index (χ0v) is 10.6. The van der Waals surface area contributed by atoms with E-state index in [9.17, 15) is 18.4 Å². The van der Waals surface area contributed by atoms with E-state index in [1.165, 1.54) is 18.9 Å². The SMILES string of the molecule is CCN(C(=O)n1nc(N(C)C)n(C)c1=O)C(F)F. The van der Waals surface area contributed by atoms with Gasteiger partial charge in [-0.25, -0.2) is 9.59 Å². The number of hydrogen-bond acceptors (Lipinski definition) is 4. The molecular weight excluding hydrogens is 248 g/mol. The first-order valence-corrected chi connectivity index (χ1v) is 5.23. The number of hydrogen-bond donors (Lipinski definition) is 0. The van der Waals surface area contributed by atoms with E-state index in [1.54, 1.807) is 14.1 Å². The lowest BCUT2D eigenvalue weighted by molar-refractivity contribution is 0.00420. The number of anilines is 1. The summed E-state index contributed by atoms with van der Waals surface area (Å²) in [5.41, 5.74) is -0.761. The fourth-order valence-electron chi connectivity index (χ4n) is 1.42. The summed E-state index contributed by atoms with van der Waals surface area (Å²) in [6.45, 7) is -1.79. The minimum atomic E-state index is -2.97. The Labute approximate surface area is 102 Å². The van der Waals surface area contributed by atoms with E-state index in [0.29, 0.717) is 4.68 Å². The molecule has 1 amide bonds. The van der Waals surface area contributed by atoms with Gasteiger partial charge in [0.1, 0.15) is 0 Å². The van der Waals surface area contributed by atoms with Gasteiger partial charge in [-0.3, -0.25) is 9.47 Å². The molecule has 0 fully saturated rings. The number of carbonyl (C=O) groups excluding carboxylic acids is 1. The van der Waals surface area contributed by atoms with Crippen molar-refractivity contribution in [3.8, 4) is 0 Å². The van der Waals surface area contributed by atoms with Gasteiger partial charge in [-0.15, -0.1) is 9.78 Å². The molecule has 9 heteroatoms. The highest BCUT2D eigenvalue weighted by Gasteiger charge is 2.26. The molecule has 0 saturated heterocycles. The van der Waals surface area contributed by atoms with Crippen LogP contribution in [0.4, 0.5) is 19.5 Å². The number of amides is 1. The summed E-state index contributed by atoms with van der Waals surface area (Å²) < 4.78 is 26.7. The molecule has 18 heavy (non-hydrogen) atoms. The molecule has 0 N–H and O–H groups in total. The molecule has 0 bridgehead atoms. The maximum atomic E-state index is 12.6. The molecule has 0 aliphatic heterocycles. The van der Waals surface area contributed by atoms with Crippen molar-refractivity contribution >= 4 is 12.0 Å². The molecule has 0 atom stereocenters. The van der Waals surface area contributed by atoms with E-state index >= 15 is 0 Å². The third-order valence-electron chi connectivity index (χ3n) is 2.36. The van der Waals surface area contributed by atoms with Crippen LogP contribution in [-0.2, 0) is 7.05 Å². The summed E-state index contributed by atoms with van der Waals surface area (Å²) in [6.07, 6.45) is 0. The smallest absolute Gasteiger partial charge is 0.347 e. The fraction of sp³-hybridized carbons (Fsp3) is 0.667. The number of halogens is 2. The molecule has 0 spiro atoms. The van der Waals surface area contributed by atoms with Crippen LogP contribution >= 0.6 is 0 Å². The minimum absolute atomic E-state index is 0.207. The Morgan fingerprint density at radius 3 is 2.33 bits per heavy atom. The monoisotopic (exact) mass is 263 g/mol. The van der Waals surface area contributed by atoms with Crippen molar-refractivity contribution in [3.63, 3.8) is 0 Å². The molecule has 1 aromatic rings. The van der Waals surface area contributed by atoms with Crippen LogP contribution in [-0.4, -0.2) is 52.5 Å². The van der Waals surface area contributed by atoms with Crippen molar-refractivity contribution < 1.29 is 13.6 Å². The molecule has 0 aromatic carbocycles. The average Bonchev–Trinajstić information content (AvgIpc) is 2.56. The fourth-order valence-corrected chi connectivity index (χ4v) is 1.42. The van der Waals surface area contributed by atoms with E-state index in [-0.39, 0.29) is 17.4 Å². The maximum absolute atomic E-state index is 12.6. The van der Waals surface area contributed by atoms with Crippen molar-refractivity contribution in [2.24, 2.45) is 7.05 Å². The van der Waals surface area contributed by atoms with Crippen LogP contribution in [0.15, 0.2) is 4.79 Å². The second-order valence-electron chi connectivity index (χ2n) is 3.79. The first-order chi connectivity index (χ1) is 8.31. The molecule has 0 saturated carbocycles. The molecule has 0 radical (unpaired) electrons.